The highest BCUT2D eigenvalue weighted by atomic mass is 16.4. The van der Waals surface area contributed by atoms with Crippen molar-refractivity contribution in [2.24, 2.45) is 0 Å². The summed E-state index contributed by atoms with van der Waals surface area (Å²) in [6, 6.07) is 6.07. The number of hydrogen-bond acceptors (Lipinski definition) is 2. The second-order valence-corrected chi connectivity index (χ2v) is 6.84. The Balaban J connectivity index is 1.91. The first-order valence-electron chi connectivity index (χ1n) is 8.23. The molecule has 1 aromatic rings. The summed E-state index contributed by atoms with van der Waals surface area (Å²) in [5, 5.41) is 8.71. The van der Waals surface area contributed by atoms with E-state index in [2.05, 4.69) is 55.3 Å². The van der Waals surface area contributed by atoms with Crippen molar-refractivity contribution in [2.45, 2.75) is 32.1 Å². The Morgan fingerprint density at radius 3 is 2.79 bits per heavy atom. The number of aliphatic carboxylic acids is 1. The lowest BCUT2D eigenvalue weighted by atomic mass is 9.67. The van der Waals surface area contributed by atoms with Gasteiger partial charge in [0.15, 0.2) is 5.71 Å². The van der Waals surface area contributed by atoms with Gasteiger partial charge in [0, 0.05) is 29.7 Å². The summed E-state index contributed by atoms with van der Waals surface area (Å²) in [5.74, 6) is -0.757. The molecule has 0 heterocycles. The molecule has 2 aliphatic rings. The Morgan fingerprint density at radius 2 is 2.04 bits per heavy atom. The zero-order chi connectivity index (χ0) is 17.3. The number of hydrogen-bond donors (Lipinski definition) is 3. The van der Waals surface area contributed by atoms with Crippen molar-refractivity contribution in [1.82, 2.24) is 0 Å². The van der Waals surface area contributed by atoms with Crippen LogP contribution in [0.2, 0.25) is 0 Å². The molecular weight excluding hydrogens is 300 g/mol. The van der Waals surface area contributed by atoms with Crippen molar-refractivity contribution in [3.63, 3.8) is 0 Å². The number of carboxylic acids is 1. The van der Waals surface area contributed by atoms with Crippen molar-refractivity contribution in [3.8, 4) is 0 Å². The fourth-order valence-electron chi connectivity index (χ4n) is 3.36. The Morgan fingerprint density at radius 1 is 1.25 bits per heavy atom. The van der Waals surface area contributed by atoms with Gasteiger partial charge in [-0.15, -0.1) is 0 Å². The van der Waals surface area contributed by atoms with E-state index in [0.29, 0.717) is 13.0 Å². The van der Waals surface area contributed by atoms with Crippen LogP contribution in [0.25, 0.3) is 6.08 Å². The number of benzene rings is 1. The molecular formula is C20H23N2O2+. The van der Waals surface area contributed by atoms with E-state index in [1.54, 1.807) is 0 Å². The highest BCUT2D eigenvalue weighted by Gasteiger charge is 2.34. The van der Waals surface area contributed by atoms with Crippen LogP contribution >= 0.6 is 0 Å². The molecule has 3 rings (SSSR count). The van der Waals surface area contributed by atoms with E-state index in [4.69, 9.17) is 10.8 Å². The number of fused-ring (bicyclic) bond motifs is 2. The topological polar surface area (TPSA) is 77.3 Å². The van der Waals surface area contributed by atoms with Crippen LogP contribution in [-0.4, -0.2) is 23.3 Å². The number of rotatable bonds is 4. The second-order valence-electron chi connectivity index (χ2n) is 6.84. The maximum Gasteiger partial charge on any atom is 0.303 e. The van der Waals surface area contributed by atoms with Gasteiger partial charge in [0.2, 0.25) is 0 Å². The Labute approximate surface area is 142 Å². The van der Waals surface area contributed by atoms with Gasteiger partial charge in [0.05, 0.1) is 6.42 Å². The predicted molar refractivity (Wildman–Crippen MR) is 96.8 cm³/mol. The number of carbonyl (C=O) groups is 1. The molecule has 24 heavy (non-hydrogen) atoms. The Bertz CT molecular complexity index is 811. The fourth-order valence-corrected chi connectivity index (χ4v) is 3.36. The lowest BCUT2D eigenvalue weighted by Crippen LogP contribution is -2.72. The SMILES string of the molecule is CC1(C)C2=CC(=[NH+]CCCC(=O)O)C=CC2=Cc2ccc(N)cc21. The number of allylic oxidation sites excluding steroid dienone is 5. The molecule has 0 saturated heterocycles. The van der Waals surface area contributed by atoms with Crippen molar-refractivity contribution < 1.29 is 14.9 Å². The molecule has 0 bridgehead atoms. The van der Waals surface area contributed by atoms with E-state index in [9.17, 15) is 4.79 Å². The van der Waals surface area contributed by atoms with E-state index >= 15 is 0 Å². The summed E-state index contributed by atoms with van der Waals surface area (Å²) in [6.45, 7) is 5.08. The molecule has 2 aliphatic carbocycles. The molecule has 124 valence electrons. The van der Waals surface area contributed by atoms with Crippen LogP contribution in [0.4, 0.5) is 5.69 Å². The molecule has 0 saturated carbocycles. The minimum absolute atomic E-state index is 0.131. The van der Waals surface area contributed by atoms with Crippen molar-refractivity contribution in [1.29, 1.82) is 0 Å². The molecule has 0 unspecified atom stereocenters. The Kier molecular flexibility index (Phi) is 4.14. The van der Waals surface area contributed by atoms with Crippen molar-refractivity contribution in [3.05, 3.63) is 58.7 Å². The van der Waals surface area contributed by atoms with E-state index in [1.165, 1.54) is 22.3 Å². The van der Waals surface area contributed by atoms with Crippen LogP contribution < -0.4 is 10.7 Å². The van der Waals surface area contributed by atoms with Crippen LogP contribution in [0.3, 0.4) is 0 Å². The summed E-state index contributed by atoms with van der Waals surface area (Å²) >= 11 is 0. The first-order chi connectivity index (χ1) is 11.4. The fraction of sp³-hybridized carbons (Fsp3) is 0.300. The lowest BCUT2D eigenvalue weighted by molar-refractivity contribution is -0.455. The van der Waals surface area contributed by atoms with Gasteiger partial charge in [0.25, 0.3) is 0 Å². The van der Waals surface area contributed by atoms with Gasteiger partial charge in [-0.1, -0.05) is 19.9 Å². The second kappa shape index (κ2) is 6.11. The number of anilines is 1. The number of nitrogens with one attached hydrogen (secondary N) is 1. The average molecular weight is 323 g/mol. The van der Waals surface area contributed by atoms with Gasteiger partial charge >= 0.3 is 5.97 Å². The predicted octanol–water partition coefficient (Wildman–Crippen LogP) is 1.83. The maximum absolute atomic E-state index is 10.6. The molecule has 0 atom stereocenters. The van der Waals surface area contributed by atoms with E-state index in [-0.39, 0.29) is 11.8 Å². The van der Waals surface area contributed by atoms with E-state index in [1.807, 2.05) is 6.07 Å². The standard InChI is InChI=1S/C20H22N2O2/c1-20(2)17-11-15(21)7-5-13(17)10-14-6-8-16(12-18(14)20)22-9-3-4-19(23)24/h5-8,10-12H,3-4,9,21H2,1-2H3,(H,23,24)/p+1. The number of carboxylic acid groups (broad SMARTS) is 1. The average Bonchev–Trinajstić information content (AvgIpc) is 2.53. The normalized spacial score (nSPS) is 19.3. The minimum Gasteiger partial charge on any atom is -0.481 e. The van der Waals surface area contributed by atoms with Crippen molar-refractivity contribution >= 4 is 23.4 Å². The molecule has 4 heteroatoms. The maximum atomic E-state index is 10.6. The summed E-state index contributed by atoms with van der Waals surface area (Å²) in [6.07, 6.45) is 9.33. The van der Waals surface area contributed by atoms with Crippen LogP contribution in [-0.2, 0) is 10.2 Å². The zero-order valence-electron chi connectivity index (χ0n) is 14.1. The molecule has 0 spiro atoms. The van der Waals surface area contributed by atoms with Crippen LogP contribution in [0.15, 0.2) is 47.6 Å². The van der Waals surface area contributed by atoms with Gasteiger partial charge < -0.3 is 10.8 Å². The smallest absolute Gasteiger partial charge is 0.303 e. The molecule has 1 aromatic carbocycles. The summed E-state index contributed by atoms with van der Waals surface area (Å²) < 4.78 is 0. The third-order valence-electron chi connectivity index (χ3n) is 4.68. The summed E-state index contributed by atoms with van der Waals surface area (Å²) in [4.78, 5) is 13.9. The van der Waals surface area contributed by atoms with E-state index in [0.717, 1.165) is 11.4 Å². The molecule has 4 nitrogen and oxygen atoms in total. The highest BCUT2D eigenvalue weighted by Crippen LogP contribution is 2.44. The molecule has 0 aliphatic heterocycles. The van der Waals surface area contributed by atoms with E-state index < -0.39 is 5.97 Å². The Hall–Kier alpha value is -2.62. The van der Waals surface area contributed by atoms with Crippen molar-refractivity contribution in [2.75, 3.05) is 12.3 Å². The lowest BCUT2D eigenvalue weighted by Gasteiger charge is -2.35. The van der Waals surface area contributed by atoms with Crippen LogP contribution in [0.1, 0.15) is 37.8 Å². The summed E-state index contributed by atoms with van der Waals surface area (Å²) in [5.41, 5.74) is 12.6. The number of nitrogens with two attached hydrogens (primary N) is 1. The quantitative estimate of drug-likeness (QED) is 0.584. The first kappa shape index (κ1) is 16.2. The van der Waals surface area contributed by atoms with Gasteiger partial charge in [-0.3, -0.25) is 4.79 Å². The highest BCUT2D eigenvalue weighted by molar-refractivity contribution is 6.04. The number of nitrogen functional groups attached to an aromatic ring is 1. The monoisotopic (exact) mass is 323 g/mol. The molecule has 0 amide bonds. The zero-order valence-corrected chi connectivity index (χ0v) is 14.1. The molecule has 4 N–H and O–H groups in total. The minimum atomic E-state index is -0.757. The van der Waals surface area contributed by atoms with Crippen LogP contribution in [0.5, 0.6) is 0 Å². The third-order valence-corrected chi connectivity index (χ3v) is 4.68. The van der Waals surface area contributed by atoms with Crippen LogP contribution in [0, 0.1) is 0 Å². The van der Waals surface area contributed by atoms with Gasteiger partial charge in [-0.25, -0.2) is 4.99 Å². The molecule has 0 aromatic heterocycles. The van der Waals surface area contributed by atoms with Gasteiger partial charge in [-0.2, -0.15) is 0 Å². The van der Waals surface area contributed by atoms with Gasteiger partial charge in [-0.05, 0) is 46.6 Å². The van der Waals surface area contributed by atoms with Gasteiger partial charge in [0.1, 0.15) is 6.54 Å². The largest absolute Gasteiger partial charge is 0.481 e. The summed E-state index contributed by atoms with van der Waals surface area (Å²) in [7, 11) is 0. The third kappa shape index (κ3) is 3.04. The molecule has 0 radical (unpaired) electrons. The molecule has 0 fully saturated rings. The first-order valence-corrected chi connectivity index (χ1v) is 8.23.